The van der Waals surface area contributed by atoms with E-state index in [1.165, 1.54) is 18.5 Å². The van der Waals surface area contributed by atoms with Crippen molar-refractivity contribution in [1.29, 1.82) is 0 Å². The zero-order chi connectivity index (χ0) is 15.6. The number of ether oxygens (including phenoxy) is 1. The monoisotopic (exact) mass is 533 g/mol. The van der Waals surface area contributed by atoms with E-state index in [0.717, 1.165) is 5.82 Å². The quantitative estimate of drug-likeness (QED) is 0.489. The molecule has 7 heteroatoms. The Labute approximate surface area is 175 Å². The molecule has 0 atom stereocenters. The molecule has 1 aliphatic rings. The number of benzene rings is 1. The van der Waals surface area contributed by atoms with Gasteiger partial charge in [-0.05, 0) is 31.0 Å². The maximum absolute atomic E-state index is 7.48. The first kappa shape index (κ1) is 17.3. The minimum atomic E-state index is 0. The predicted octanol–water partition coefficient (Wildman–Crippen LogP) is 4.90. The summed E-state index contributed by atoms with van der Waals surface area (Å²) in [4.78, 5) is 4.42. The van der Waals surface area contributed by atoms with E-state index in [0.29, 0.717) is 29.1 Å². The number of nitrogens with zero attached hydrogens (tertiary/aromatic N) is 2. The fraction of sp³-hybridized carbons (Fsp3) is 0.176. The Hall–Kier alpha value is -1.58. The minimum absolute atomic E-state index is 0. The van der Waals surface area contributed by atoms with Crippen molar-refractivity contribution >= 4 is 17.3 Å². The van der Waals surface area contributed by atoms with Crippen molar-refractivity contribution in [1.82, 2.24) is 15.2 Å². The largest absolute Gasteiger partial charge is 0.699 e. The summed E-state index contributed by atoms with van der Waals surface area (Å²) in [7, 11) is 0. The van der Waals surface area contributed by atoms with Gasteiger partial charge in [0.15, 0.2) is 5.82 Å². The van der Waals surface area contributed by atoms with Crippen LogP contribution in [0.5, 0.6) is 11.6 Å². The predicted molar refractivity (Wildman–Crippen MR) is 88.6 cm³/mol. The summed E-state index contributed by atoms with van der Waals surface area (Å²) in [5.41, 5.74) is 9.10. The van der Waals surface area contributed by atoms with Crippen LogP contribution in [0.4, 0.5) is 17.3 Å². The SMILES string of the molecule is [Ac].[NH-]c1ccc(Oc2cccc(Nc3cc(C4CC4)[nH]n3)n2)cc1. The average Bonchev–Trinajstić information content (AvgIpc) is 3.30. The van der Waals surface area contributed by atoms with Gasteiger partial charge in [0.05, 0.1) is 0 Å². The average molecular weight is 533 g/mol. The number of anilines is 2. The molecular weight excluding hydrogens is 517 g/mol. The molecule has 0 bridgehead atoms. The van der Waals surface area contributed by atoms with Crippen molar-refractivity contribution in [2.45, 2.75) is 18.8 Å². The van der Waals surface area contributed by atoms with Crippen LogP contribution in [0.3, 0.4) is 0 Å². The van der Waals surface area contributed by atoms with Gasteiger partial charge >= 0.3 is 0 Å². The van der Waals surface area contributed by atoms with Crippen LogP contribution < -0.4 is 10.1 Å². The van der Waals surface area contributed by atoms with E-state index in [1.807, 2.05) is 18.2 Å². The van der Waals surface area contributed by atoms with Crippen LogP contribution in [-0.2, 0) is 0 Å². The van der Waals surface area contributed by atoms with Gasteiger partial charge in [0.2, 0.25) is 5.88 Å². The summed E-state index contributed by atoms with van der Waals surface area (Å²) in [6.45, 7) is 0. The van der Waals surface area contributed by atoms with Gasteiger partial charge < -0.3 is 15.8 Å². The second kappa shape index (κ2) is 7.54. The summed E-state index contributed by atoms with van der Waals surface area (Å²) in [6.07, 6.45) is 2.47. The number of rotatable bonds is 5. The zero-order valence-electron chi connectivity index (χ0n) is 13.0. The molecule has 1 fully saturated rings. The van der Waals surface area contributed by atoms with Crippen LogP contribution in [0, 0.1) is 44.1 Å². The van der Waals surface area contributed by atoms with Crippen molar-refractivity contribution in [3.63, 3.8) is 0 Å². The van der Waals surface area contributed by atoms with Crippen LogP contribution >= 0.6 is 0 Å². The van der Waals surface area contributed by atoms with Crippen LogP contribution in [0.15, 0.2) is 48.5 Å². The number of pyridine rings is 1. The molecule has 2 heterocycles. The standard InChI is InChI=1S/C17H16N5O.Ac/c18-12-6-8-13(9-7-12)23-17-3-1-2-15(20-17)19-16-10-14(21-22-16)11-4-5-11;/h1-3,6-11,18H,4-5H2,(H2,19,20,21,22);/q-1;. The number of aromatic nitrogens is 3. The van der Waals surface area contributed by atoms with Gasteiger partial charge in [0.1, 0.15) is 11.6 Å². The minimum Gasteiger partial charge on any atom is -0.699 e. The zero-order valence-corrected chi connectivity index (χ0v) is 17.7. The normalized spacial score (nSPS) is 13.2. The summed E-state index contributed by atoms with van der Waals surface area (Å²) < 4.78 is 5.70. The third kappa shape index (κ3) is 4.28. The third-order valence-corrected chi connectivity index (χ3v) is 3.67. The maximum atomic E-state index is 7.48. The first-order valence-electron chi connectivity index (χ1n) is 7.55. The Morgan fingerprint density at radius 2 is 1.88 bits per heavy atom. The molecule has 1 radical (unpaired) electrons. The van der Waals surface area contributed by atoms with E-state index in [9.17, 15) is 0 Å². The van der Waals surface area contributed by atoms with Crippen molar-refractivity contribution in [3.8, 4) is 11.6 Å². The molecule has 1 aliphatic carbocycles. The number of hydrogen-bond acceptors (Lipinski definition) is 4. The number of nitrogens with one attached hydrogen (secondary N) is 3. The molecule has 2 aromatic heterocycles. The molecule has 119 valence electrons. The Kier molecular flexibility index (Phi) is 5.42. The van der Waals surface area contributed by atoms with E-state index in [2.05, 4.69) is 20.5 Å². The van der Waals surface area contributed by atoms with E-state index in [4.69, 9.17) is 10.5 Å². The van der Waals surface area contributed by atoms with Crippen molar-refractivity contribution in [2.24, 2.45) is 0 Å². The van der Waals surface area contributed by atoms with Crippen molar-refractivity contribution in [3.05, 3.63) is 60.0 Å². The first-order valence-corrected chi connectivity index (χ1v) is 7.55. The summed E-state index contributed by atoms with van der Waals surface area (Å²) in [5.74, 6) is 3.22. The van der Waals surface area contributed by atoms with E-state index < -0.39 is 0 Å². The second-order valence-electron chi connectivity index (χ2n) is 5.60. The molecule has 6 nitrogen and oxygen atoms in total. The molecule has 0 amide bonds. The molecule has 3 N–H and O–H groups in total. The Morgan fingerprint density at radius 1 is 1.08 bits per heavy atom. The third-order valence-electron chi connectivity index (χ3n) is 3.67. The van der Waals surface area contributed by atoms with Crippen molar-refractivity contribution < 1.29 is 48.8 Å². The Morgan fingerprint density at radius 3 is 2.62 bits per heavy atom. The van der Waals surface area contributed by atoms with Gasteiger partial charge in [-0.2, -0.15) is 10.1 Å². The molecule has 0 aliphatic heterocycles. The van der Waals surface area contributed by atoms with E-state index in [1.54, 1.807) is 30.3 Å². The van der Waals surface area contributed by atoms with E-state index in [-0.39, 0.29) is 44.1 Å². The maximum Gasteiger partial charge on any atom is 0.221 e. The Balaban J connectivity index is 0.00000169. The van der Waals surface area contributed by atoms with Gasteiger partial charge in [-0.25, -0.2) is 0 Å². The van der Waals surface area contributed by atoms with Gasteiger partial charge in [-0.15, -0.1) is 5.69 Å². The fourth-order valence-electron chi connectivity index (χ4n) is 2.32. The van der Waals surface area contributed by atoms with Gasteiger partial charge in [0, 0.05) is 67.8 Å². The van der Waals surface area contributed by atoms with Crippen LogP contribution in [-0.4, -0.2) is 15.2 Å². The summed E-state index contributed by atoms with van der Waals surface area (Å²) in [6, 6.07) is 14.4. The van der Waals surface area contributed by atoms with Gasteiger partial charge in [0.25, 0.3) is 0 Å². The number of H-pyrrole nitrogens is 1. The first-order chi connectivity index (χ1) is 11.3. The molecule has 4 rings (SSSR count). The van der Waals surface area contributed by atoms with Crippen LogP contribution in [0.1, 0.15) is 24.5 Å². The smallest absolute Gasteiger partial charge is 0.221 e. The molecule has 0 saturated heterocycles. The molecule has 24 heavy (non-hydrogen) atoms. The Bertz CT molecular complexity index is 814. The van der Waals surface area contributed by atoms with Gasteiger partial charge in [-0.1, -0.05) is 18.2 Å². The number of aromatic amines is 1. The molecular formula is C17H16AcN5O-. The number of hydrogen-bond donors (Lipinski definition) is 2. The fourth-order valence-corrected chi connectivity index (χ4v) is 2.32. The molecule has 1 saturated carbocycles. The second-order valence-corrected chi connectivity index (χ2v) is 5.60. The molecule has 1 aromatic carbocycles. The van der Waals surface area contributed by atoms with Crippen LogP contribution in [0.2, 0.25) is 0 Å². The van der Waals surface area contributed by atoms with Crippen LogP contribution in [0.25, 0.3) is 5.73 Å². The topological polar surface area (TPSA) is 86.6 Å². The molecule has 0 spiro atoms. The van der Waals surface area contributed by atoms with Crippen molar-refractivity contribution in [2.75, 3.05) is 5.32 Å². The van der Waals surface area contributed by atoms with Gasteiger partial charge in [-0.3, -0.25) is 5.10 Å². The van der Waals surface area contributed by atoms with E-state index >= 15 is 0 Å². The summed E-state index contributed by atoms with van der Waals surface area (Å²) >= 11 is 0. The molecule has 3 aromatic rings. The molecule has 0 unspecified atom stereocenters. The summed E-state index contributed by atoms with van der Waals surface area (Å²) in [5, 5.41) is 10.5.